The molecule has 0 spiro atoms. The SMILES string of the molecule is Cc1cc(C(=O)N(CC(F)(F)F)C2CCC2)nn1[C@@H](C)C1CC1. The van der Waals surface area contributed by atoms with Gasteiger partial charge < -0.3 is 4.90 Å². The molecule has 0 N–H and O–H groups in total. The molecule has 1 amide bonds. The van der Waals surface area contributed by atoms with Gasteiger partial charge >= 0.3 is 6.18 Å². The Morgan fingerprint density at radius 2 is 2.04 bits per heavy atom. The van der Waals surface area contributed by atoms with Crippen LogP contribution < -0.4 is 0 Å². The highest BCUT2D eigenvalue weighted by molar-refractivity contribution is 5.92. The standard InChI is InChI=1S/C16H22F3N3O/c1-10-8-14(20-22(10)11(2)12-6-7-12)15(23)21(9-16(17,18)19)13-4-3-5-13/h8,11-13H,3-7,9H2,1-2H3/t11-/m0/s1. The van der Waals surface area contributed by atoms with Crippen molar-refractivity contribution in [2.45, 2.75) is 64.2 Å². The molecule has 0 aliphatic heterocycles. The van der Waals surface area contributed by atoms with Crippen molar-refractivity contribution in [2.24, 2.45) is 5.92 Å². The van der Waals surface area contributed by atoms with Crippen LogP contribution in [0.2, 0.25) is 0 Å². The Kier molecular flexibility index (Phi) is 4.14. The molecule has 2 aliphatic rings. The van der Waals surface area contributed by atoms with E-state index >= 15 is 0 Å². The molecule has 2 fully saturated rings. The highest BCUT2D eigenvalue weighted by atomic mass is 19.4. The maximum absolute atomic E-state index is 12.8. The van der Waals surface area contributed by atoms with Gasteiger partial charge in [0.2, 0.25) is 0 Å². The molecule has 2 saturated carbocycles. The molecule has 0 radical (unpaired) electrons. The lowest BCUT2D eigenvalue weighted by molar-refractivity contribution is -0.147. The molecule has 128 valence electrons. The number of aryl methyl sites for hydroxylation is 1. The van der Waals surface area contributed by atoms with Gasteiger partial charge in [0.15, 0.2) is 5.69 Å². The summed E-state index contributed by atoms with van der Waals surface area (Å²) in [6, 6.07) is 1.50. The number of halogens is 3. The number of aromatic nitrogens is 2. The second-order valence-electron chi connectivity index (χ2n) is 6.83. The lowest BCUT2D eigenvalue weighted by Crippen LogP contribution is -2.48. The minimum absolute atomic E-state index is 0.131. The van der Waals surface area contributed by atoms with Crippen LogP contribution in [0.3, 0.4) is 0 Å². The fourth-order valence-electron chi connectivity index (χ4n) is 3.19. The van der Waals surface area contributed by atoms with E-state index in [2.05, 4.69) is 5.10 Å². The van der Waals surface area contributed by atoms with Gasteiger partial charge in [-0.05, 0) is 57.9 Å². The quantitative estimate of drug-likeness (QED) is 0.826. The van der Waals surface area contributed by atoms with Gasteiger partial charge in [0.1, 0.15) is 6.54 Å². The van der Waals surface area contributed by atoms with Crippen LogP contribution in [-0.2, 0) is 0 Å². The van der Waals surface area contributed by atoms with E-state index in [9.17, 15) is 18.0 Å². The van der Waals surface area contributed by atoms with Gasteiger partial charge in [0.25, 0.3) is 5.91 Å². The predicted octanol–water partition coefficient (Wildman–Crippen LogP) is 3.72. The van der Waals surface area contributed by atoms with Crippen molar-refractivity contribution in [3.8, 4) is 0 Å². The molecule has 1 aromatic heterocycles. The summed E-state index contributed by atoms with van der Waals surface area (Å²) >= 11 is 0. The van der Waals surface area contributed by atoms with Crippen LogP contribution >= 0.6 is 0 Å². The van der Waals surface area contributed by atoms with E-state index in [0.717, 1.165) is 29.9 Å². The van der Waals surface area contributed by atoms with Crippen LogP contribution in [0.1, 0.15) is 61.3 Å². The fourth-order valence-corrected chi connectivity index (χ4v) is 3.19. The molecular formula is C16H22F3N3O. The average molecular weight is 329 g/mol. The molecule has 1 atom stereocenters. The Hall–Kier alpha value is -1.53. The van der Waals surface area contributed by atoms with Crippen molar-refractivity contribution in [2.75, 3.05) is 6.54 Å². The first-order chi connectivity index (χ1) is 10.8. The zero-order chi connectivity index (χ0) is 16.8. The van der Waals surface area contributed by atoms with E-state index in [-0.39, 0.29) is 17.8 Å². The van der Waals surface area contributed by atoms with Crippen LogP contribution in [-0.4, -0.2) is 39.4 Å². The van der Waals surface area contributed by atoms with E-state index < -0.39 is 18.6 Å². The van der Waals surface area contributed by atoms with Gasteiger partial charge in [0.05, 0.1) is 6.04 Å². The van der Waals surface area contributed by atoms with Gasteiger partial charge in [-0.25, -0.2) is 0 Å². The summed E-state index contributed by atoms with van der Waals surface area (Å²) in [5.41, 5.74) is 0.958. The topological polar surface area (TPSA) is 38.1 Å². The minimum Gasteiger partial charge on any atom is -0.325 e. The van der Waals surface area contributed by atoms with Gasteiger partial charge in [-0.3, -0.25) is 9.48 Å². The molecular weight excluding hydrogens is 307 g/mol. The van der Waals surface area contributed by atoms with Crippen LogP contribution in [0.4, 0.5) is 13.2 Å². The first-order valence-electron chi connectivity index (χ1n) is 8.20. The molecule has 0 saturated heterocycles. The lowest BCUT2D eigenvalue weighted by Gasteiger charge is -2.37. The molecule has 1 heterocycles. The number of rotatable bonds is 5. The highest BCUT2D eigenvalue weighted by Crippen LogP contribution is 2.39. The number of alkyl halides is 3. The first-order valence-corrected chi connectivity index (χ1v) is 8.20. The van der Waals surface area contributed by atoms with Crippen LogP contribution in [0.5, 0.6) is 0 Å². The third kappa shape index (κ3) is 3.53. The van der Waals surface area contributed by atoms with Crippen molar-refractivity contribution in [3.05, 3.63) is 17.5 Å². The Morgan fingerprint density at radius 1 is 1.39 bits per heavy atom. The molecule has 7 heteroatoms. The highest BCUT2D eigenvalue weighted by Gasteiger charge is 2.40. The Balaban J connectivity index is 1.80. The summed E-state index contributed by atoms with van der Waals surface area (Å²) in [6.07, 6.45) is 0.0562. The predicted molar refractivity (Wildman–Crippen MR) is 79.1 cm³/mol. The molecule has 1 aromatic rings. The number of hydrogen-bond acceptors (Lipinski definition) is 2. The smallest absolute Gasteiger partial charge is 0.325 e. The third-order valence-electron chi connectivity index (χ3n) is 4.96. The summed E-state index contributed by atoms with van der Waals surface area (Å²) in [4.78, 5) is 13.5. The number of nitrogens with zero attached hydrogens (tertiary/aromatic N) is 3. The zero-order valence-electron chi connectivity index (χ0n) is 13.4. The second-order valence-corrected chi connectivity index (χ2v) is 6.83. The molecule has 0 aromatic carbocycles. The van der Waals surface area contributed by atoms with Crippen LogP contribution in [0.15, 0.2) is 6.07 Å². The molecule has 2 aliphatic carbocycles. The monoisotopic (exact) mass is 329 g/mol. The second kappa shape index (κ2) is 5.83. The number of hydrogen-bond donors (Lipinski definition) is 0. The molecule has 0 unspecified atom stereocenters. The van der Waals surface area contributed by atoms with E-state index in [1.54, 1.807) is 10.7 Å². The van der Waals surface area contributed by atoms with Crippen molar-refractivity contribution >= 4 is 5.91 Å². The summed E-state index contributed by atoms with van der Waals surface area (Å²) in [5.74, 6) is -0.0358. The Labute approximate surface area is 133 Å². The van der Waals surface area contributed by atoms with Gasteiger partial charge in [-0.15, -0.1) is 0 Å². The normalized spacial score (nSPS) is 20.2. The molecule has 0 bridgehead atoms. The maximum atomic E-state index is 12.8. The third-order valence-corrected chi connectivity index (χ3v) is 4.96. The van der Waals surface area contributed by atoms with E-state index in [0.29, 0.717) is 18.8 Å². The maximum Gasteiger partial charge on any atom is 0.406 e. The molecule has 23 heavy (non-hydrogen) atoms. The van der Waals surface area contributed by atoms with Gasteiger partial charge in [0, 0.05) is 11.7 Å². The summed E-state index contributed by atoms with van der Waals surface area (Å²) in [6.45, 7) is 2.70. The van der Waals surface area contributed by atoms with E-state index in [4.69, 9.17) is 0 Å². The largest absolute Gasteiger partial charge is 0.406 e. The fraction of sp³-hybridized carbons (Fsp3) is 0.750. The summed E-state index contributed by atoms with van der Waals surface area (Å²) in [7, 11) is 0. The van der Waals surface area contributed by atoms with Crippen molar-refractivity contribution < 1.29 is 18.0 Å². The van der Waals surface area contributed by atoms with Crippen LogP contribution in [0, 0.1) is 12.8 Å². The Bertz CT molecular complexity index is 588. The molecule has 3 rings (SSSR count). The zero-order valence-corrected chi connectivity index (χ0v) is 13.4. The summed E-state index contributed by atoms with van der Waals surface area (Å²) in [5, 5.41) is 4.32. The van der Waals surface area contributed by atoms with Crippen molar-refractivity contribution in [1.29, 1.82) is 0 Å². The molecule has 4 nitrogen and oxygen atoms in total. The lowest BCUT2D eigenvalue weighted by atomic mass is 9.91. The first kappa shape index (κ1) is 16.3. The van der Waals surface area contributed by atoms with Crippen molar-refractivity contribution in [3.63, 3.8) is 0 Å². The van der Waals surface area contributed by atoms with Gasteiger partial charge in [-0.1, -0.05) is 0 Å². The number of carbonyl (C=O) groups excluding carboxylic acids is 1. The number of amides is 1. The Morgan fingerprint density at radius 3 is 2.52 bits per heavy atom. The van der Waals surface area contributed by atoms with E-state index in [1.807, 2.05) is 13.8 Å². The summed E-state index contributed by atoms with van der Waals surface area (Å²) < 4.78 is 40.2. The van der Waals surface area contributed by atoms with Gasteiger partial charge in [-0.2, -0.15) is 18.3 Å². The van der Waals surface area contributed by atoms with Crippen molar-refractivity contribution in [1.82, 2.24) is 14.7 Å². The van der Waals surface area contributed by atoms with Crippen LogP contribution in [0.25, 0.3) is 0 Å². The average Bonchev–Trinajstić information content (AvgIpc) is 3.16. The van der Waals surface area contributed by atoms with E-state index in [1.165, 1.54) is 0 Å². The number of carbonyl (C=O) groups is 1. The minimum atomic E-state index is -4.38.